The highest BCUT2D eigenvalue weighted by Gasteiger charge is 2.53. The number of hydrogen-bond donors (Lipinski definition) is 2. The quantitative estimate of drug-likeness (QED) is 0.527. The SMILES string of the molecule is O=C1OCC2CN3C(=O)c4c(O)c(=O)ccn4N[C@@H]3C(c3cccc4c3Cc3ccccc3CS4)N12. The van der Waals surface area contributed by atoms with Crippen LogP contribution in [0.25, 0.3) is 0 Å². The van der Waals surface area contributed by atoms with Crippen LogP contribution in [-0.2, 0) is 16.9 Å². The van der Waals surface area contributed by atoms with E-state index in [1.807, 2.05) is 18.2 Å². The molecule has 2 amide bonds. The second kappa shape index (κ2) is 7.79. The Kier molecular flexibility index (Phi) is 4.62. The number of hydrogen-bond acceptors (Lipinski definition) is 7. The number of fused-ring (bicyclic) bond motifs is 5. The van der Waals surface area contributed by atoms with Gasteiger partial charge in [0.05, 0.1) is 6.04 Å². The molecule has 7 rings (SSSR count). The van der Waals surface area contributed by atoms with Gasteiger partial charge in [-0.15, -0.1) is 11.8 Å². The lowest BCUT2D eigenvalue weighted by atomic mass is 9.89. The summed E-state index contributed by atoms with van der Waals surface area (Å²) in [5.41, 5.74) is 7.17. The van der Waals surface area contributed by atoms with Gasteiger partial charge in [0.2, 0.25) is 5.43 Å². The minimum Gasteiger partial charge on any atom is -0.502 e. The van der Waals surface area contributed by atoms with Crippen molar-refractivity contribution >= 4 is 23.8 Å². The average molecular weight is 503 g/mol. The molecule has 0 radical (unpaired) electrons. The summed E-state index contributed by atoms with van der Waals surface area (Å²) in [6, 6.07) is 14.8. The van der Waals surface area contributed by atoms with Gasteiger partial charge in [0.25, 0.3) is 5.91 Å². The van der Waals surface area contributed by atoms with E-state index in [9.17, 15) is 19.5 Å². The maximum atomic E-state index is 13.6. The van der Waals surface area contributed by atoms with Crippen LogP contribution in [0.3, 0.4) is 0 Å². The number of nitrogens with zero attached hydrogens (tertiary/aromatic N) is 3. The highest BCUT2D eigenvalue weighted by molar-refractivity contribution is 7.98. The standard InChI is InChI=1S/C26H22N4O5S/c31-19-8-9-29-22(23(19)32)25(33)28-11-16-12-35-26(34)30(16)21(24(28)27-29)17-6-3-7-20-18(17)10-14-4-1-2-5-15(14)13-36-20/h1-9,16,21,24,27,32H,10-13H2/t16?,21?,24-/m0/s1. The Hall–Kier alpha value is -3.92. The molecule has 3 aromatic rings. The highest BCUT2D eigenvalue weighted by atomic mass is 32.2. The third-order valence-corrected chi connectivity index (χ3v) is 8.66. The fraction of sp³-hybridized carbons (Fsp3) is 0.269. The fourth-order valence-electron chi connectivity index (χ4n) is 5.80. The van der Waals surface area contributed by atoms with E-state index in [2.05, 4.69) is 29.7 Å². The van der Waals surface area contributed by atoms with Crippen molar-refractivity contribution in [2.45, 2.75) is 35.3 Å². The highest BCUT2D eigenvalue weighted by Crippen LogP contribution is 2.44. The minimum absolute atomic E-state index is 0.104. The molecular weight excluding hydrogens is 480 g/mol. The molecular formula is C26H22N4O5S. The molecule has 9 nitrogen and oxygen atoms in total. The number of pyridine rings is 1. The summed E-state index contributed by atoms with van der Waals surface area (Å²) in [5.74, 6) is -0.190. The Morgan fingerprint density at radius 3 is 2.72 bits per heavy atom. The first-order chi connectivity index (χ1) is 17.5. The number of benzene rings is 2. The van der Waals surface area contributed by atoms with E-state index in [-0.39, 0.29) is 24.9 Å². The van der Waals surface area contributed by atoms with Crippen molar-refractivity contribution in [1.82, 2.24) is 14.5 Å². The smallest absolute Gasteiger partial charge is 0.410 e. The lowest BCUT2D eigenvalue weighted by molar-refractivity contribution is 0.0147. The van der Waals surface area contributed by atoms with Crippen molar-refractivity contribution in [3.8, 4) is 5.75 Å². The first-order valence-corrected chi connectivity index (χ1v) is 12.8. The lowest BCUT2D eigenvalue weighted by Crippen LogP contribution is -2.67. The number of thioether (sulfide) groups is 1. The zero-order valence-electron chi connectivity index (χ0n) is 19.1. The molecule has 0 bridgehead atoms. The van der Waals surface area contributed by atoms with Crippen molar-refractivity contribution < 1.29 is 19.4 Å². The zero-order valence-corrected chi connectivity index (χ0v) is 19.9. The molecule has 10 heteroatoms. The third-order valence-electron chi connectivity index (χ3n) is 7.51. The van der Waals surface area contributed by atoms with Gasteiger partial charge in [0, 0.05) is 29.5 Å². The first kappa shape index (κ1) is 21.4. The molecule has 36 heavy (non-hydrogen) atoms. The topological polar surface area (TPSA) is 104 Å². The number of carbonyl (C=O) groups excluding carboxylic acids is 2. The van der Waals surface area contributed by atoms with Crippen LogP contribution in [-0.4, -0.2) is 56.9 Å². The summed E-state index contributed by atoms with van der Waals surface area (Å²) in [5, 5.41) is 10.4. The summed E-state index contributed by atoms with van der Waals surface area (Å²) in [6.45, 7) is 0.403. The summed E-state index contributed by atoms with van der Waals surface area (Å²) in [7, 11) is 0. The van der Waals surface area contributed by atoms with Gasteiger partial charge in [0.1, 0.15) is 18.8 Å². The van der Waals surface area contributed by atoms with Crippen molar-refractivity contribution in [1.29, 1.82) is 0 Å². The second-order valence-electron chi connectivity index (χ2n) is 9.42. The zero-order chi connectivity index (χ0) is 24.6. The van der Waals surface area contributed by atoms with Gasteiger partial charge in [-0.05, 0) is 34.7 Å². The molecule has 0 aliphatic carbocycles. The number of nitrogens with one attached hydrogen (secondary N) is 1. The van der Waals surface area contributed by atoms with Gasteiger partial charge in [0.15, 0.2) is 11.4 Å². The Morgan fingerprint density at radius 1 is 1.03 bits per heavy atom. The summed E-state index contributed by atoms with van der Waals surface area (Å²) in [6.07, 6.45) is 1.12. The van der Waals surface area contributed by atoms with Gasteiger partial charge in [-0.2, -0.15) is 0 Å². The monoisotopic (exact) mass is 502 g/mol. The van der Waals surface area contributed by atoms with E-state index in [1.165, 1.54) is 28.1 Å². The number of cyclic esters (lactones) is 1. The van der Waals surface area contributed by atoms with Gasteiger partial charge in [-0.1, -0.05) is 36.4 Å². The third kappa shape index (κ3) is 3.00. The Labute approximate surface area is 210 Å². The number of ether oxygens (including phenoxy) is 1. The van der Waals surface area contributed by atoms with Gasteiger partial charge < -0.3 is 20.2 Å². The van der Waals surface area contributed by atoms with Crippen LogP contribution in [0.2, 0.25) is 0 Å². The van der Waals surface area contributed by atoms with Crippen LogP contribution < -0.4 is 10.9 Å². The number of piperazine rings is 1. The first-order valence-electron chi connectivity index (χ1n) is 11.8. The number of aromatic nitrogens is 1. The molecule has 4 aliphatic rings. The van der Waals surface area contributed by atoms with Crippen LogP contribution in [0.5, 0.6) is 5.75 Å². The Morgan fingerprint density at radius 2 is 1.86 bits per heavy atom. The number of rotatable bonds is 1. The molecule has 0 saturated carbocycles. The Balaban J connectivity index is 1.40. The maximum Gasteiger partial charge on any atom is 0.410 e. The van der Waals surface area contributed by atoms with Gasteiger partial charge in [-0.3, -0.25) is 19.2 Å². The van der Waals surface area contributed by atoms with Gasteiger partial charge in [-0.25, -0.2) is 4.79 Å². The summed E-state index contributed by atoms with van der Waals surface area (Å²) < 4.78 is 6.84. The van der Waals surface area contributed by atoms with Crippen molar-refractivity contribution in [3.05, 3.63) is 92.9 Å². The molecule has 2 unspecified atom stereocenters. The molecule has 2 aromatic carbocycles. The molecule has 2 fully saturated rings. The number of carbonyl (C=O) groups is 2. The van der Waals surface area contributed by atoms with E-state index < -0.39 is 35.4 Å². The van der Waals surface area contributed by atoms with Crippen LogP contribution in [0, 0.1) is 0 Å². The van der Waals surface area contributed by atoms with Crippen LogP contribution in [0.4, 0.5) is 4.79 Å². The molecule has 5 heterocycles. The maximum absolute atomic E-state index is 13.6. The lowest BCUT2D eigenvalue weighted by Gasteiger charge is -2.51. The van der Waals surface area contributed by atoms with E-state index in [4.69, 9.17) is 4.74 Å². The van der Waals surface area contributed by atoms with E-state index in [0.717, 1.165) is 21.8 Å². The average Bonchev–Trinajstić information content (AvgIpc) is 3.14. The number of amides is 2. The number of aromatic hydroxyl groups is 1. The van der Waals surface area contributed by atoms with E-state index in [1.54, 1.807) is 21.6 Å². The van der Waals surface area contributed by atoms with Crippen LogP contribution in [0.15, 0.2) is 64.4 Å². The summed E-state index contributed by atoms with van der Waals surface area (Å²) in [4.78, 5) is 43.2. The van der Waals surface area contributed by atoms with Gasteiger partial charge >= 0.3 is 6.09 Å². The van der Waals surface area contributed by atoms with E-state index in [0.29, 0.717) is 6.42 Å². The molecule has 3 atom stereocenters. The van der Waals surface area contributed by atoms with Crippen LogP contribution >= 0.6 is 11.8 Å². The summed E-state index contributed by atoms with van der Waals surface area (Å²) >= 11 is 1.77. The Bertz CT molecular complexity index is 1500. The predicted molar refractivity (Wildman–Crippen MR) is 132 cm³/mol. The second-order valence-corrected chi connectivity index (χ2v) is 10.4. The van der Waals surface area contributed by atoms with Crippen LogP contribution in [0.1, 0.15) is 38.8 Å². The van der Waals surface area contributed by atoms with Crippen molar-refractivity contribution in [2.75, 3.05) is 18.6 Å². The molecule has 2 saturated heterocycles. The molecule has 0 spiro atoms. The van der Waals surface area contributed by atoms with Crippen molar-refractivity contribution in [2.24, 2.45) is 0 Å². The minimum atomic E-state index is -0.621. The fourth-order valence-corrected chi connectivity index (χ4v) is 6.93. The normalized spacial score (nSPS) is 23.9. The predicted octanol–water partition coefficient (Wildman–Crippen LogP) is 2.65. The van der Waals surface area contributed by atoms with E-state index >= 15 is 0 Å². The molecule has 182 valence electrons. The molecule has 1 aromatic heterocycles. The van der Waals surface area contributed by atoms with Crippen molar-refractivity contribution in [3.63, 3.8) is 0 Å². The molecule has 2 N–H and O–H groups in total. The largest absolute Gasteiger partial charge is 0.502 e. The molecule has 4 aliphatic heterocycles.